The zero-order chi connectivity index (χ0) is 13.7. The normalized spacial score (nSPS) is 10.1. The predicted octanol–water partition coefficient (Wildman–Crippen LogP) is 1.04. The van der Waals surface area contributed by atoms with Crippen molar-refractivity contribution in [2.24, 2.45) is 0 Å². The Labute approximate surface area is 107 Å². The van der Waals surface area contributed by atoms with Crippen LogP contribution in [0.5, 0.6) is 0 Å². The third kappa shape index (κ3) is 3.35. The van der Waals surface area contributed by atoms with Crippen LogP contribution >= 0.6 is 0 Å². The number of nitro groups is 1. The lowest BCUT2D eigenvalue weighted by Gasteiger charge is -2.04. The van der Waals surface area contributed by atoms with Gasteiger partial charge in [-0.25, -0.2) is 4.79 Å². The summed E-state index contributed by atoms with van der Waals surface area (Å²) < 4.78 is 6.33. The SMILES string of the molecule is O=C(OCCn1cc([N+](=O)[O-])cn1)c1cccnc1. The van der Waals surface area contributed by atoms with Gasteiger partial charge in [-0.15, -0.1) is 0 Å². The molecule has 0 aliphatic heterocycles. The third-order valence-electron chi connectivity index (χ3n) is 2.28. The van der Waals surface area contributed by atoms with E-state index < -0.39 is 10.9 Å². The van der Waals surface area contributed by atoms with Crippen molar-refractivity contribution in [3.63, 3.8) is 0 Å². The molecule has 0 atom stereocenters. The second-order valence-electron chi connectivity index (χ2n) is 3.60. The first-order chi connectivity index (χ1) is 9.16. The molecular formula is C11H10N4O4. The predicted molar refractivity (Wildman–Crippen MR) is 63.4 cm³/mol. The van der Waals surface area contributed by atoms with Crippen molar-refractivity contribution in [1.29, 1.82) is 0 Å². The van der Waals surface area contributed by atoms with Gasteiger partial charge in [0.2, 0.25) is 0 Å². The number of hydrogen-bond acceptors (Lipinski definition) is 6. The molecule has 0 aliphatic carbocycles. The van der Waals surface area contributed by atoms with Gasteiger partial charge in [-0.05, 0) is 12.1 Å². The molecule has 2 aromatic heterocycles. The first kappa shape index (κ1) is 12.7. The lowest BCUT2D eigenvalue weighted by atomic mass is 10.3. The van der Waals surface area contributed by atoms with E-state index in [1.54, 1.807) is 18.3 Å². The van der Waals surface area contributed by atoms with Crippen molar-refractivity contribution in [2.45, 2.75) is 6.54 Å². The molecule has 2 aromatic rings. The first-order valence-electron chi connectivity index (χ1n) is 5.41. The van der Waals surface area contributed by atoms with Crippen molar-refractivity contribution in [3.8, 4) is 0 Å². The molecule has 19 heavy (non-hydrogen) atoms. The molecule has 0 aliphatic rings. The van der Waals surface area contributed by atoms with E-state index in [2.05, 4.69) is 10.1 Å². The number of ether oxygens (including phenoxy) is 1. The highest BCUT2D eigenvalue weighted by atomic mass is 16.6. The second-order valence-corrected chi connectivity index (χ2v) is 3.60. The minimum absolute atomic E-state index is 0.0760. The van der Waals surface area contributed by atoms with E-state index in [0.717, 1.165) is 6.20 Å². The number of rotatable bonds is 5. The monoisotopic (exact) mass is 262 g/mol. The van der Waals surface area contributed by atoms with Crippen molar-refractivity contribution in [3.05, 3.63) is 52.6 Å². The summed E-state index contributed by atoms with van der Waals surface area (Å²) in [4.78, 5) is 25.3. The van der Waals surface area contributed by atoms with Gasteiger partial charge in [0, 0.05) is 12.4 Å². The maximum Gasteiger partial charge on any atom is 0.339 e. The molecule has 0 radical (unpaired) electrons. The highest BCUT2D eigenvalue weighted by molar-refractivity contribution is 5.88. The fraction of sp³-hybridized carbons (Fsp3) is 0.182. The molecule has 0 spiro atoms. The van der Waals surface area contributed by atoms with Crippen LogP contribution in [-0.4, -0.2) is 32.3 Å². The van der Waals surface area contributed by atoms with Gasteiger partial charge in [0.15, 0.2) is 0 Å². The summed E-state index contributed by atoms with van der Waals surface area (Å²) in [5, 5.41) is 14.2. The lowest BCUT2D eigenvalue weighted by molar-refractivity contribution is -0.385. The Morgan fingerprint density at radius 3 is 2.95 bits per heavy atom. The Kier molecular flexibility index (Phi) is 3.81. The zero-order valence-corrected chi connectivity index (χ0v) is 9.80. The number of hydrogen-bond donors (Lipinski definition) is 0. The summed E-state index contributed by atoms with van der Waals surface area (Å²) in [6.07, 6.45) is 5.38. The lowest BCUT2D eigenvalue weighted by Crippen LogP contribution is -2.11. The van der Waals surface area contributed by atoms with Crippen LogP contribution in [0.3, 0.4) is 0 Å². The van der Waals surface area contributed by atoms with Gasteiger partial charge in [0.1, 0.15) is 19.0 Å². The van der Waals surface area contributed by atoms with Gasteiger partial charge in [0.25, 0.3) is 0 Å². The van der Waals surface area contributed by atoms with E-state index in [4.69, 9.17) is 4.74 Å². The van der Waals surface area contributed by atoms with Crippen LogP contribution in [0.2, 0.25) is 0 Å². The second kappa shape index (κ2) is 5.71. The first-order valence-corrected chi connectivity index (χ1v) is 5.41. The summed E-state index contributed by atoms with van der Waals surface area (Å²) in [5.41, 5.74) is 0.257. The molecule has 0 N–H and O–H groups in total. The number of esters is 1. The Bertz CT molecular complexity index is 581. The summed E-state index contributed by atoms with van der Waals surface area (Å²) >= 11 is 0. The van der Waals surface area contributed by atoms with Crippen LogP contribution in [0.4, 0.5) is 5.69 Å². The maximum atomic E-state index is 11.5. The summed E-state index contributed by atoms with van der Waals surface area (Å²) in [5.74, 6) is -0.491. The number of aromatic nitrogens is 3. The van der Waals surface area contributed by atoms with Gasteiger partial charge in [-0.2, -0.15) is 5.10 Å². The zero-order valence-electron chi connectivity index (χ0n) is 9.80. The highest BCUT2D eigenvalue weighted by Gasteiger charge is 2.10. The quantitative estimate of drug-likeness (QED) is 0.453. The smallest absolute Gasteiger partial charge is 0.339 e. The van der Waals surface area contributed by atoms with Crippen LogP contribution in [0.15, 0.2) is 36.9 Å². The van der Waals surface area contributed by atoms with Crippen molar-refractivity contribution >= 4 is 11.7 Å². The van der Waals surface area contributed by atoms with E-state index in [-0.39, 0.29) is 18.8 Å². The molecule has 8 heteroatoms. The Morgan fingerprint density at radius 1 is 1.47 bits per heavy atom. The van der Waals surface area contributed by atoms with E-state index in [1.807, 2.05) is 0 Å². The van der Waals surface area contributed by atoms with Crippen LogP contribution in [0.1, 0.15) is 10.4 Å². The van der Waals surface area contributed by atoms with Crippen molar-refractivity contribution in [1.82, 2.24) is 14.8 Å². The van der Waals surface area contributed by atoms with E-state index >= 15 is 0 Å². The topological polar surface area (TPSA) is 100 Å². The van der Waals surface area contributed by atoms with Crippen LogP contribution < -0.4 is 0 Å². The molecule has 0 saturated carbocycles. The summed E-state index contributed by atoms with van der Waals surface area (Å²) in [6, 6.07) is 3.22. The molecule has 0 aromatic carbocycles. The van der Waals surface area contributed by atoms with Gasteiger partial charge < -0.3 is 4.74 Å². The molecule has 2 rings (SSSR count). The van der Waals surface area contributed by atoms with E-state index in [0.29, 0.717) is 5.56 Å². The Morgan fingerprint density at radius 2 is 2.32 bits per heavy atom. The maximum absolute atomic E-state index is 11.5. The molecule has 0 fully saturated rings. The average molecular weight is 262 g/mol. The fourth-order valence-corrected chi connectivity index (χ4v) is 1.37. The van der Waals surface area contributed by atoms with Crippen LogP contribution in [0.25, 0.3) is 0 Å². The Balaban J connectivity index is 1.83. The van der Waals surface area contributed by atoms with Crippen molar-refractivity contribution in [2.75, 3.05) is 6.61 Å². The van der Waals surface area contributed by atoms with Crippen LogP contribution in [0, 0.1) is 10.1 Å². The summed E-state index contributed by atoms with van der Waals surface area (Å²) in [6.45, 7) is 0.326. The van der Waals surface area contributed by atoms with Crippen LogP contribution in [-0.2, 0) is 11.3 Å². The molecule has 98 valence electrons. The van der Waals surface area contributed by atoms with E-state index in [9.17, 15) is 14.9 Å². The third-order valence-corrected chi connectivity index (χ3v) is 2.28. The molecule has 0 unspecified atom stereocenters. The number of carbonyl (C=O) groups excluding carboxylic acids is 1. The molecular weight excluding hydrogens is 252 g/mol. The largest absolute Gasteiger partial charge is 0.460 e. The van der Waals surface area contributed by atoms with Crippen molar-refractivity contribution < 1.29 is 14.5 Å². The number of carbonyl (C=O) groups is 1. The standard InChI is InChI=1S/C11H10N4O4/c16-11(9-2-1-3-12-6-9)19-5-4-14-8-10(7-13-14)15(17)18/h1-3,6-8H,4-5H2. The number of nitrogens with zero attached hydrogens (tertiary/aromatic N) is 4. The molecule has 8 nitrogen and oxygen atoms in total. The van der Waals surface area contributed by atoms with Gasteiger partial charge >= 0.3 is 11.7 Å². The number of pyridine rings is 1. The molecule has 0 saturated heterocycles. The average Bonchev–Trinajstić information content (AvgIpc) is 2.89. The molecule has 0 bridgehead atoms. The Hall–Kier alpha value is -2.77. The molecule has 0 amide bonds. The summed E-state index contributed by atoms with van der Waals surface area (Å²) in [7, 11) is 0. The highest BCUT2D eigenvalue weighted by Crippen LogP contribution is 2.07. The van der Waals surface area contributed by atoms with Gasteiger partial charge in [-0.1, -0.05) is 0 Å². The molecule has 2 heterocycles. The fourth-order valence-electron chi connectivity index (χ4n) is 1.37. The van der Waals surface area contributed by atoms with Gasteiger partial charge in [-0.3, -0.25) is 19.8 Å². The van der Waals surface area contributed by atoms with E-state index in [1.165, 1.54) is 17.1 Å². The minimum atomic E-state index is -0.537. The minimum Gasteiger partial charge on any atom is -0.460 e. The van der Waals surface area contributed by atoms with Gasteiger partial charge in [0.05, 0.1) is 17.0 Å².